The van der Waals surface area contributed by atoms with E-state index in [2.05, 4.69) is 6.07 Å². The fraction of sp³-hybridized carbons (Fsp3) is 0.167. The molecule has 0 radical (unpaired) electrons. The van der Waals surface area contributed by atoms with Gasteiger partial charge >= 0.3 is 0 Å². The molecule has 4 heteroatoms. The third-order valence-corrected chi connectivity index (χ3v) is 4.71. The Labute approximate surface area is 108 Å². The number of hydrogen-bond donors (Lipinski definition) is 1. The number of hydrogen-bond acceptors (Lipinski definition) is 3. The maximum Gasteiger partial charge on any atom is 0.0774 e. The summed E-state index contributed by atoms with van der Waals surface area (Å²) in [5, 5.41) is 9.72. The lowest BCUT2D eigenvalue weighted by Crippen LogP contribution is -1.77. The van der Waals surface area contributed by atoms with Gasteiger partial charge in [-0.2, -0.15) is 0 Å². The van der Waals surface area contributed by atoms with Gasteiger partial charge in [0, 0.05) is 15.7 Å². The molecule has 1 heterocycles. The third-order valence-electron chi connectivity index (χ3n) is 2.09. The quantitative estimate of drug-likeness (QED) is 0.841. The van der Waals surface area contributed by atoms with Gasteiger partial charge in [-0.05, 0) is 29.8 Å². The van der Waals surface area contributed by atoms with Crippen LogP contribution in [-0.4, -0.2) is 5.11 Å². The van der Waals surface area contributed by atoms with Crippen molar-refractivity contribution in [2.45, 2.75) is 16.6 Å². The Morgan fingerprint density at radius 1 is 1.12 bits per heavy atom. The molecule has 0 spiro atoms. The van der Waals surface area contributed by atoms with Crippen LogP contribution >= 0.6 is 34.7 Å². The van der Waals surface area contributed by atoms with Gasteiger partial charge in [-0.25, -0.2) is 0 Å². The van der Waals surface area contributed by atoms with E-state index in [0.717, 1.165) is 15.7 Å². The largest absolute Gasteiger partial charge is 0.391 e. The average Bonchev–Trinajstić information content (AvgIpc) is 2.76. The van der Waals surface area contributed by atoms with Crippen LogP contribution in [0.25, 0.3) is 0 Å². The third kappa shape index (κ3) is 3.25. The Kier molecular flexibility index (Phi) is 4.29. The molecule has 16 heavy (non-hydrogen) atoms. The lowest BCUT2D eigenvalue weighted by molar-refractivity contribution is 0.285. The average molecular weight is 271 g/mol. The van der Waals surface area contributed by atoms with Crippen molar-refractivity contribution < 1.29 is 5.11 Å². The van der Waals surface area contributed by atoms with Crippen molar-refractivity contribution in [1.29, 1.82) is 0 Å². The van der Waals surface area contributed by atoms with Crippen LogP contribution in [0.15, 0.2) is 40.6 Å². The first kappa shape index (κ1) is 12.0. The van der Waals surface area contributed by atoms with Gasteiger partial charge in [0.15, 0.2) is 0 Å². The van der Waals surface area contributed by atoms with Crippen LogP contribution in [0.4, 0.5) is 0 Å². The van der Waals surface area contributed by atoms with Gasteiger partial charge in [-0.1, -0.05) is 23.7 Å². The fourth-order valence-corrected chi connectivity index (χ4v) is 3.38. The molecule has 0 fully saturated rings. The topological polar surface area (TPSA) is 20.2 Å². The summed E-state index contributed by atoms with van der Waals surface area (Å²) < 4.78 is 1.24. The van der Waals surface area contributed by atoms with Crippen LogP contribution in [0, 0.1) is 0 Å². The molecule has 1 aromatic carbocycles. The zero-order valence-electron chi connectivity index (χ0n) is 8.52. The zero-order chi connectivity index (χ0) is 11.4. The summed E-state index contributed by atoms with van der Waals surface area (Å²) in [5.41, 5.74) is 1.26. The van der Waals surface area contributed by atoms with Gasteiger partial charge in [0.2, 0.25) is 0 Å². The summed E-state index contributed by atoms with van der Waals surface area (Å²) in [6, 6.07) is 11.9. The van der Waals surface area contributed by atoms with Crippen molar-refractivity contribution in [2.24, 2.45) is 0 Å². The molecule has 2 rings (SSSR count). The summed E-state index contributed by atoms with van der Waals surface area (Å²) in [6.45, 7) is 0.131. The van der Waals surface area contributed by atoms with Crippen LogP contribution in [0.5, 0.6) is 0 Å². The molecule has 0 saturated heterocycles. The first-order chi connectivity index (χ1) is 7.78. The van der Waals surface area contributed by atoms with Crippen molar-refractivity contribution >= 4 is 34.7 Å². The van der Waals surface area contributed by atoms with Crippen LogP contribution in [0.1, 0.15) is 10.4 Å². The van der Waals surface area contributed by atoms with E-state index in [9.17, 15) is 0 Å². The minimum absolute atomic E-state index is 0.131. The Morgan fingerprint density at radius 2 is 1.88 bits per heavy atom. The summed E-state index contributed by atoms with van der Waals surface area (Å²) in [4.78, 5) is 1.01. The molecular weight excluding hydrogens is 260 g/mol. The first-order valence-electron chi connectivity index (χ1n) is 4.85. The highest BCUT2D eigenvalue weighted by Crippen LogP contribution is 2.30. The predicted octanol–water partition coefficient (Wildman–Crippen LogP) is 4.19. The highest BCUT2D eigenvalue weighted by atomic mass is 35.5. The first-order valence-corrected chi connectivity index (χ1v) is 7.03. The Morgan fingerprint density at radius 3 is 2.50 bits per heavy atom. The molecule has 0 aliphatic rings. The number of rotatable bonds is 4. The van der Waals surface area contributed by atoms with Crippen LogP contribution < -0.4 is 0 Å². The highest BCUT2D eigenvalue weighted by Gasteiger charge is 2.00. The number of aliphatic hydroxyl groups is 1. The monoisotopic (exact) mass is 270 g/mol. The number of aliphatic hydroxyl groups excluding tert-OH is 1. The van der Waals surface area contributed by atoms with Crippen molar-refractivity contribution in [3.63, 3.8) is 0 Å². The molecule has 0 unspecified atom stereocenters. The van der Waals surface area contributed by atoms with Gasteiger partial charge in [0.1, 0.15) is 0 Å². The molecule has 0 atom stereocenters. The number of halogens is 1. The van der Waals surface area contributed by atoms with Crippen LogP contribution in [0.2, 0.25) is 5.02 Å². The molecule has 0 saturated carbocycles. The van der Waals surface area contributed by atoms with Crippen LogP contribution in [-0.2, 0) is 12.4 Å². The van der Waals surface area contributed by atoms with Gasteiger partial charge < -0.3 is 5.11 Å². The lowest BCUT2D eigenvalue weighted by atomic mass is 10.2. The molecule has 1 aromatic heterocycles. The summed E-state index contributed by atoms with van der Waals surface area (Å²) in [7, 11) is 0. The van der Waals surface area contributed by atoms with E-state index < -0.39 is 0 Å². The van der Waals surface area contributed by atoms with Crippen molar-refractivity contribution in [1.82, 2.24) is 0 Å². The van der Waals surface area contributed by atoms with Gasteiger partial charge in [-0.3, -0.25) is 0 Å². The molecule has 0 aliphatic heterocycles. The number of thioether (sulfide) groups is 1. The van der Waals surface area contributed by atoms with E-state index in [-0.39, 0.29) is 6.61 Å². The van der Waals surface area contributed by atoms with Crippen LogP contribution in [0.3, 0.4) is 0 Å². The normalized spacial score (nSPS) is 10.6. The Bertz CT molecular complexity index is 450. The highest BCUT2D eigenvalue weighted by molar-refractivity contribution is 8.00. The smallest absolute Gasteiger partial charge is 0.0774 e. The Balaban J connectivity index is 1.94. The molecule has 84 valence electrons. The molecule has 1 nitrogen and oxygen atoms in total. The molecule has 0 amide bonds. The minimum Gasteiger partial charge on any atom is -0.391 e. The minimum atomic E-state index is 0.131. The maximum atomic E-state index is 8.95. The fourth-order valence-electron chi connectivity index (χ4n) is 1.26. The van der Waals surface area contributed by atoms with E-state index in [1.165, 1.54) is 9.77 Å². The van der Waals surface area contributed by atoms with Crippen molar-refractivity contribution in [2.75, 3.05) is 0 Å². The summed E-state index contributed by atoms with van der Waals surface area (Å²) in [6.07, 6.45) is 0. The van der Waals surface area contributed by atoms with E-state index >= 15 is 0 Å². The Hall–Kier alpha value is -0.480. The summed E-state index contributed by atoms with van der Waals surface area (Å²) in [5.74, 6) is 0.933. The van der Waals surface area contributed by atoms with Crippen molar-refractivity contribution in [3.05, 3.63) is 51.9 Å². The predicted molar refractivity (Wildman–Crippen MR) is 71.3 cm³/mol. The summed E-state index contributed by atoms with van der Waals surface area (Å²) >= 11 is 9.24. The second-order valence-electron chi connectivity index (χ2n) is 3.29. The van der Waals surface area contributed by atoms with Gasteiger partial charge in [0.05, 0.1) is 10.8 Å². The number of thiophene rings is 1. The second kappa shape index (κ2) is 5.73. The van der Waals surface area contributed by atoms with E-state index in [1.807, 2.05) is 30.3 Å². The number of benzene rings is 1. The zero-order valence-corrected chi connectivity index (χ0v) is 10.9. The SMILES string of the molecule is OCc1ccc(SCc2ccc(Cl)cc2)s1. The molecule has 0 bridgehead atoms. The van der Waals surface area contributed by atoms with Gasteiger partial charge in [-0.15, -0.1) is 23.1 Å². The lowest BCUT2D eigenvalue weighted by Gasteiger charge is -1.99. The standard InChI is InChI=1S/C12H11ClOS2/c13-10-3-1-9(2-4-10)8-15-12-6-5-11(7-14)16-12/h1-6,14H,7-8H2. The molecule has 1 N–H and O–H groups in total. The van der Waals surface area contributed by atoms with Gasteiger partial charge in [0.25, 0.3) is 0 Å². The maximum absolute atomic E-state index is 8.95. The van der Waals surface area contributed by atoms with Crippen molar-refractivity contribution in [3.8, 4) is 0 Å². The molecule has 2 aromatic rings. The van der Waals surface area contributed by atoms with E-state index in [0.29, 0.717) is 0 Å². The molecule has 0 aliphatic carbocycles. The van der Waals surface area contributed by atoms with E-state index in [4.69, 9.17) is 16.7 Å². The van der Waals surface area contributed by atoms with E-state index in [1.54, 1.807) is 23.1 Å². The molecular formula is C12H11ClOS2. The second-order valence-corrected chi connectivity index (χ2v) is 6.17.